The number of carbonyl (C=O) groups excluding carboxylic acids is 1. The first kappa shape index (κ1) is 13.7. The van der Waals surface area contributed by atoms with E-state index in [1.165, 1.54) is 6.20 Å². The van der Waals surface area contributed by atoms with Gasteiger partial charge in [-0.25, -0.2) is 0 Å². The second-order valence-corrected chi connectivity index (χ2v) is 5.35. The van der Waals surface area contributed by atoms with Gasteiger partial charge in [-0.1, -0.05) is 17.7 Å². The Morgan fingerprint density at radius 3 is 2.76 bits per heavy atom. The Labute approximate surface area is 126 Å². The van der Waals surface area contributed by atoms with Crippen molar-refractivity contribution in [3.05, 3.63) is 53.1 Å². The first-order valence-corrected chi connectivity index (χ1v) is 6.95. The summed E-state index contributed by atoms with van der Waals surface area (Å²) < 4.78 is 1.62. The molecule has 106 valence electrons. The number of aromatic nitrogens is 4. The lowest BCUT2D eigenvalue weighted by Gasteiger charge is -2.11. The lowest BCUT2D eigenvalue weighted by molar-refractivity contribution is 0.102. The molecule has 0 unspecified atom stereocenters. The zero-order valence-corrected chi connectivity index (χ0v) is 12.4. The van der Waals surface area contributed by atoms with E-state index < -0.39 is 0 Å². The van der Waals surface area contributed by atoms with Crippen molar-refractivity contribution in [3.63, 3.8) is 0 Å². The van der Waals surface area contributed by atoms with E-state index in [-0.39, 0.29) is 11.8 Å². The number of hydrogen-bond acceptors (Lipinski definition) is 4. The van der Waals surface area contributed by atoms with Crippen LogP contribution in [0.2, 0.25) is 5.02 Å². The monoisotopic (exact) mass is 300 g/mol. The van der Waals surface area contributed by atoms with Crippen molar-refractivity contribution >= 4 is 28.4 Å². The molecule has 0 spiro atoms. The molecule has 0 aliphatic heterocycles. The first-order valence-electron chi connectivity index (χ1n) is 6.57. The lowest BCUT2D eigenvalue weighted by Crippen LogP contribution is -2.14. The molecule has 0 fully saturated rings. The largest absolute Gasteiger partial charge is 0.287 e. The summed E-state index contributed by atoms with van der Waals surface area (Å²) in [4.78, 5) is 21.3. The van der Waals surface area contributed by atoms with Crippen molar-refractivity contribution in [3.8, 4) is 0 Å². The molecule has 0 N–H and O–H groups in total. The maximum atomic E-state index is 12.9. The highest BCUT2D eigenvalue weighted by Gasteiger charge is 2.22. The van der Waals surface area contributed by atoms with Gasteiger partial charge in [-0.2, -0.15) is 5.10 Å². The molecule has 21 heavy (non-hydrogen) atoms. The maximum absolute atomic E-state index is 12.9. The molecule has 0 bridgehead atoms. The number of nitrogens with zero attached hydrogens (tertiary/aromatic N) is 4. The minimum atomic E-state index is -0.197. The normalized spacial score (nSPS) is 11.2. The van der Waals surface area contributed by atoms with Crippen molar-refractivity contribution in [1.29, 1.82) is 0 Å². The molecule has 3 aromatic rings. The Morgan fingerprint density at radius 1 is 1.24 bits per heavy atom. The van der Waals surface area contributed by atoms with Crippen molar-refractivity contribution < 1.29 is 4.79 Å². The summed E-state index contributed by atoms with van der Waals surface area (Å²) in [6.07, 6.45) is 4.66. The van der Waals surface area contributed by atoms with E-state index >= 15 is 0 Å². The summed E-state index contributed by atoms with van der Waals surface area (Å²) in [7, 11) is 0. The average molecular weight is 301 g/mol. The molecule has 6 heteroatoms. The molecule has 2 aromatic heterocycles. The summed E-state index contributed by atoms with van der Waals surface area (Å²) in [6.45, 7) is 3.89. The average Bonchev–Trinajstić information content (AvgIpc) is 2.88. The van der Waals surface area contributed by atoms with Crippen LogP contribution in [-0.2, 0) is 0 Å². The number of benzene rings is 1. The Morgan fingerprint density at radius 2 is 2.00 bits per heavy atom. The molecule has 5 nitrogen and oxygen atoms in total. The summed E-state index contributed by atoms with van der Waals surface area (Å²) in [5.74, 6) is -0.197. The van der Waals surface area contributed by atoms with Crippen LogP contribution >= 0.6 is 11.6 Å². The summed E-state index contributed by atoms with van der Waals surface area (Å²) in [6, 6.07) is 5.37. The van der Waals surface area contributed by atoms with Crippen LogP contribution in [0, 0.1) is 0 Å². The summed E-state index contributed by atoms with van der Waals surface area (Å²) in [5.41, 5.74) is 2.10. The molecular formula is C15H13ClN4O. The van der Waals surface area contributed by atoms with E-state index in [0.717, 1.165) is 0 Å². The van der Waals surface area contributed by atoms with Gasteiger partial charge in [0, 0.05) is 18.4 Å². The highest BCUT2D eigenvalue weighted by atomic mass is 35.5. The van der Waals surface area contributed by atoms with Gasteiger partial charge < -0.3 is 0 Å². The van der Waals surface area contributed by atoms with Crippen molar-refractivity contribution in [2.75, 3.05) is 0 Å². The Bertz CT molecular complexity index is 820. The number of hydrogen-bond donors (Lipinski definition) is 0. The van der Waals surface area contributed by atoms with Gasteiger partial charge in [0.1, 0.15) is 5.69 Å². The fraction of sp³-hybridized carbons (Fsp3) is 0.200. The number of rotatable bonds is 3. The molecule has 1 aromatic carbocycles. The van der Waals surface area contributed by atoms with E-state index in [4.69, 9.17) is 11.6 Å². The standard InChI is InChI=1S/C15H13ClN4O/c1-9(2)20-14(11(16)8-19-20)15(21)10-4-3-5-12-13(10)18-7-6-17-12/h3-9H,1-2H3. The van der Waals surface area contributed by atoms with Crippen molar-refractivity contribution in [1.82, 2.24) is 19.7 Å². The lowest BCUT2D eigenvalue weighted by atomic mass is 10.1. The van der Waals surface area contributed by atoms with E-state index in [2.05, 4.69) is 15.1 Å². The smallest absolute Gasteiger partial charge is 0.214 e. The third-order valence-corrected chi connectivity index (χ3v) is 3.47. The predicted octanol–water partition coefficient (Wildman–Crippen LogP) is 3.29. The highest BCUT2D eigenvalue weighted by Crippen LogP contribution is 2.24. The number of halogens is 1. The quantitative estimate of drug-likeness (QED) is 0.696. The number of ketones is 1. The van der Waals surface area contributed by atoms with Gasteiger partial charge in [-0.3, -0.25) is 19.4 Å². The molecule has 0 atom stereocenters. The summed E-state index contributed by atoms with van der Waals surface area (Å²) in [5, 5.41) is 4.51. The van der Waals surface area contributed by atoms with Crippen LogP contribution in [-0.4, -0.2) is 25.5 Å². The zero-order chi connectivity index (χ0) is 15.0. The molecule has 0 saturated heterocycles. The summed E-state index contributed by atoms with van der Waals surface area (Å²) >= 11 is 6.14. The topological polar surface area (TPSA) is 60.7 Å². The minimum absolute atomic E-state index is 0.0394. The molecular weight excluding hydrogens is 288 g/mol. The van der Waals surface area contributed by atoms with Crippen LogP contribution in [0.25, 0.3) is 11.0 Å². The SMILES string of the molecule is CC(C)n1ncc(Cl)c1C(=O)c1cccc2nccnc12. The molecule has 0 radical (unpaired) electrons. The van der Waals surface area contributed by atoms with Crippen LogP contribution in [0.4, 0.5) is 0 Å². The van der Waals surface area contributed by atoms with E-state index in [1.807, 2.05) is 19.9 Å². The van der Waals surface area contributed by atoms with E-state index in [0.29, 0.717) is 27.3 Å². The van der Waals surface area contributed by atoms with Crippen LogP contribution < -0.4 is 0 Å². The zero-order valence-electron chi connectivity index (χ0n) is 11.6. The Balaban J connectivity index is 2.20. The fourth-order valence-corrected chi connectivity index (χ4v) is 2.46. The Kier molecular flexibility index (Phi) is 3.43. The number of fused-ring (bicyclic) bond motifs is 1. The molecule has 0 aliphatic carbocycles. The van der Waals surface area contributed by atoms with Gasteiger partial charge in [-0.15, -0.1) is 0 Å². The van der Waals surface area contributed by atoms with Crippen molar-refractivity contribution in [2.24, 2.45) is 0 Å². The molecule has 0 aliphatic rings. The number of carbonyl (C=O) groups is 1. The second-order valence-electron chi connectivity index (χ2n) is 4.94. The van der Waals surface area contributed by atoms with Gasteiger partial charge in [0.2, 0.25) is 5.78 Å². The van der Waals surface area contributed by atoms with Crippen LogP contribution in [0.5, 0.6) is 0 Å². The Hall–Kier alpha value is -2.27. The highest BCUT2D eigenvalue weighted by molar-refractivity contribution is 6.35. The first-order chi connectivity index (χ1) is 10.1. The number of para-hydroxylation sites is 1. The van der Waals surface area contributed by atoms with Gasteiger partial charge >= 0.3 is 0 Å². The van der Waals surface area contributed by atoms with E-state index in [9.17, 15) is 4.79 Å². The van der Waals surface area contributed by atoms with Crippen LogP contribution in [0.3, 0.4) is 0 Å². The van der Waals surface area contributed by atoms with Gasteiger partial charge in [0.25, 0.3) is 0 Å². The van der Waals surface area contributed by atoms with Gasteiger partial charge in [0.15, 0.2) is 0 Å². The fourth-order valence-electron chi connectivity index (χ4n) is 2.25. The van der Waals surface area contributed by atoms with E-state index in [1.54, 1.807) is 29.2 Å². The molecule has 0 amide bonds. The second kappa shape index (κ2) is 5.26. The molecule has 2 heterocycles. The van der Waals surface area contributed by atoms with Gasteiger partial charge in [-0.05, 0) is 26.0 Å². The van der Waals surface area contributed by atoms with Crippen LogP contribution in [0.15, 0.2) is 36.8 Å². The predicted molar refractivity (Wildman–Crippen MR) is 80.6 cm³/mol. The molecule has 0 saturated carbocycles. The maximum Gasteiger partial charge on any atom is 0.214 e. The third-order valence-electron chi connectivity index (χ3n) is 3.20. The van der Waals surface area contributed by atoms with Crippen LogP contribution in [0.1, 0.15) is 35.9 Å². The third kappa shape index (κ3) is 2.29. The molecule has 3 rings (SSSR count). The minimum Gasteiger partial charge on any atom is -0.287 e. The van der Waals surface area contributed by atoms with Crippen molar-refractivity contribution in [2.45, 2.75) is 19.9 Å². The van der Waals surface area contributed by atoms with Gasteiger partial charge in [0.05, 0.1) is 27.8 Å².